The fourth-order valence-corrected chi connectivity index (χ4v) is 2.96. The second-order valence-electron chi connectivity index (χ2n) is 5.29. The number of aliphatic imine (C=N–C) groups is 1. The third-order valence-electron chi connectivity index (χ3n) is 3.75. The van der Waals surface area contributed by atoms with E-state index in [-0.39, 0.29) is 11.6 Å². The van der Waals surface area contributed by atoms with Gasteiger partial charge in [0.15, 0.2) is 5.70 Å². The number of hydrogen-bond acceptors (Lipinski definition) is 6. The summed E-state index contributed by atoms with van der Waals surface area (Å²) in [6.07, 6.45) is 1.62. The molecule has 0 saturated carbocycles. The number of cyclic esters (lactones) is 1. The number of halogens is 1. The van der Waals surface area contributed by atoms with Gasteiger partial charge in [-0.25, -0.2) is 9.79 Å². The number of carbonyl (C=O) groups is 1. The number of methoxy groups -OCH3 is 3. The zero-order valence-corrected chi connectivity index (χ0v) is 16.0. The molecule has 1 aliphatic heterocycles. The van der Waals surface area contributed by atoms with Crippen molar-refractivity contribution in [3.63, 3.8) is 0 Å². The van der Waals surface area contributed by atoms with Crippen molar-refractivity contribution < 1.29 is 23.7 Å². The highest BCUT2D eigenvalue weighted by molar-refractivity contribution is 9.10. The summed E-state index contributed by atoms with van der Waals surface area (Å²) in [5.74, 6) is 1.62. The van der Waals surface area contributed by atoms with E-state index in [1.165, 1.54) is 0 Å². The Labute approximate surface area is 159 Å². The summed E-state index contributed by atoms with van der Waals surface area (Å²) in [5.41, 5.74) is 1.55. The Hall–Kier alpha value is -2.80. The first-order chi connectivity index (χ1) is 12.5. The predicted octanol–water partition coefficient (Wildman–Crippen LogP) is 3.82. The first kappa shape index (κ1) is 18.0. The van der Waals surface area contributed by atoms with Gasteiger partial charge >= 0.3 is 5.97 Å². The number of rotatable bonds is 5. The van der Waals surface area contributed by atoms with E-state index in [0.717, 1.165) is 4.47 Å². The van der Waals surface area contributed by atoms with E-state index >= 15 is 0 Å². The SMILES string of the molecule is COc1ccc(C=C2N=C(c3ccc(OC)c(Br)c3)OC2=O)c(OC)c1. The maximum absolute atomic E-state index is 12.2. The molecular weight excluding hydrogens is 402 g/mol. The first-order valence-corrected chi connectivity index (χ1v) is 8.43. The van der Waals surface area contributed by atoms with Crippen LogP contribution in [0.15, 0.2) is 51.6 Å². The Kier molecular flexibility index (Phi) is 5.27. The number of ether oxygens (including phenoxy) is 4. The molecule has 0 aliphatic carbocycles. The molecular formula is C19H16BrNO5. The van der Waals surface area contributed by atoms with Crippen LogP contribution in [0.1, 0.15) is 11.1 Å². The highest BCUT2D eigenvalue weighted by Gasteiger charge is 2.25. The summed E-state index contributed by atoms with van der Waals surface area (Å²) < 4.78 is 21.7. The second kappa shape index (κ2) is 7.61. The minimum atomic E-state index is -0.523. The maximum Gasteiger partial charge on any atom is 0.363 e. The van der Waals surface area contributed by atoms with Crippen LogP contribution in [0.2, 0.25) is 0 Å². The molecule has 0 N–H and O–H groups in total. The molecule has 0 radical (unpaired) electrons. The highest BCUT2D eigenvalue weighted by atomic mass is 79.9. The van der Waals surface area contributed by atoms with Gasteiger partial charge in [-0.1, -0.05) is 0 Å². The molecule has 1 aliphatic rings. The minimum absolute atomic E-state index is 0.190. The molecule has 0 spiro atoms. The van der Waals surface area contributed by atoms with Crippen LogP contribution in [0.4, 0.5) is 0 Å². The Morgan fingerprint density at radius 3 is 2.42 bits per heavy atom. The van der Waals surface area contributed by atoms with E-state index < -0.39 is 5.97 Å². The van der Waals surface area contributed by atoms with Crippen molar-refractivity contribution in [2.75, 3.05) is 21.3 Å². The second-order valence-corrected chi connectivity index (χ2v) is 6.15. The van der Waals surface area contributed by atoms with Gasteiger partial charge in [0.2, 0.25) is 5.90 Å². The van der Waals surface area contributed by atoms with Gasteiger partial charge < -0.3 is 18.9 Å². The average Bonchev–Trinajstić information content (AvgIpc) is 3.02. The lowest BCUT2D eigenvalue weighted by Crippen LogP contribution is -2.05. The molecule has 0 unspecified atom stereocenters. The van der Waals surface area contributed by atoms with Crippen LogP contribution < -0.4 is 14.2 Å². The molecule has 6 nitrogen and oxygen atoms in total. The molecule has 0 saturated heterocycles. The topological polar surface area (TPSA) is 66.3 Å². The quantitative estimate of drug-likeness (QED) is 0.546. The lowest BCUT2D eigenvalue weighted by atomic mass is 10.1. The summed E-state index contributed by atoms with van der Waals surface area (Å²) in [6, 6.07) is 10.6. The fraction of sp³-hybridized carbons (Fsp3) is 0.158. The molecule has 3 rings (SSSR count). The molecule has 0 fully saturated rings. The Bertz CT molecular complexity index is 920. The van der Waals surface area contributed by atoms with Gasteiger partial charge in [0.25, 0.3) is 0 Å². The van der Waals surface area contributed by atoms with E-state index in [2.05, 4.69) is 20.9 Å². The number of esters is 1. The third kappa shape index (κ3) is 3.57. The van der Waals surface area contributed by atoms with Crippen molar-refractivity contribution in [3.8, 4) is 17.2 Å². The van der Waals surface area contributed by atoms with Crippen molar-refractivity contribution in [2.45, 2.75) is 0 Å². The average molecular weight is 418 g/mol. The van der Waals surface area contributed by atoms with Crippen LogP contribution in [0.3, 0.4) is 0 Å². The van der Waals surface area contributed by atoms with E-state index in [1.54, 1.807) is 63.8 Å². The zero-order chi connectivity index (χ0) is 18.7. The van der Waals surface area contributed by atoms with Gasteiger partial charge in [-0.2, -0.15) is 0 Å². The van der Waals surface area contributed by atoms with Crippen molar-refractivity contribution in [2.24, 2.45) is 4.99 Å². The predicted molar refractivity (Wildman–Crippen MR) is 101 cm³/mol. The molecule has 0 amide bonds. The van der Waals surface area contributed by atoms with Crippen LogP contribution in [0.25, 0.3) is 6.08 Å². The Morgan fingerprint density at radius 1 is 1.00 bits per heavy atom. The largest absolute Gasteiger partial charge is 0.497 e. The summed E-state index contributed by atoms with van der Waals surface area (Å²) in [5, 5.41) is 0. The summed E-state index contributed by atoms with van der Waals surface area (Å²) in [6.45, 7) is 0. The van der Waals surface area contributed by atoms with Crippen molar-refractivity contribution in [1.82, 2.24) is 0 Å². The third-order valence-corrected chi connectivity index (χ3v) is 4.37. The van der Waals surface area contributed by atoms with E-state index in [0.29, 0.717) is 28.4 Å². The van der Waals surface area contributed by atoms with Crippen molar-refractivity contribution in [3.05, 3.63) is 57.7 Å². The van der Waals surface area contributed by atoms with Gasteiger partial charge in [0, 0.05) is 17.2 Å². The molecule has 2 aromatic rings. The van der Waals surface area contributed by atoms with E-state index in [1.807, 2.05) is 0 Å². The van der Waals surface area contributed by atoms with Crippen LogP contribution in [0.5, 0.6) is 17.2 Å². The summed E-state index contributed by atoms with van der Waals surface area (Å²) in [7, 11) is 4.70. The van der Waals surface area contributed by atoms with Crippen LogP contribution >= 0.6 is 15.9 Å². The molecule has 7 heteroatoms. The van der Waals surface area contributed by atoms with Crippen LogP contribution in [0, 0.1) is 0 Å². The van der Waals surface area contributed by atoms with E-state index in [4.69, 9.17) is 18.9 Å². The normalized spacial score (nSPS) is 14.8. The summed E-state index contributed by atoms with van der Waals surface area (Å²) in [4.78, 5) is 16.5. The molecule has 26 heavy (non-hydrogen) atoms. The van der Waals surface area contributed by atoms with Gasteiger partial charge in [-0.3, -0.25) is 0 Å². The number of nitrogens with zero attached hydrogens (tertiary/aromatic N) is 1. The van der Waals surface area contributed by atoms with E-state index in [9.17, 15) is 4.79 Å². The smallest absolute Gasteiger partial charge is 0.363 e. The molecule has 0 atom stereocenters. The van der Waals surface area contributed by atoms with Crippen LogP contribution in [-0.4, -0.2) is 33.2 Å². The highest BCUT2D eigenvalue weighted by Crippen LogP contribution is 2.30. The monoisotopic (exact) mass is 417 g/mol. The van der Waals surface area contributed by atoms with Gasteiger partial charge in [0.05, 0.1) is 25.8 Å². The Balaban J connectivity index is 1.95. The summed E-state index contributed by atoms with van der Waals surface area (Å²) >= 11 is 3.41. The molecule has 1 heterocycles. The lowest BCUT2D eigenvalue weighted by Gasteiger charge is -2.07. The molecule has 2 aromatic carbocycles. The Morgan fingerprint density at radius 2 is 1.77 bits per heavy atom. The van der Waals surface area contributed by atoms with Crippen molar-refractivity contribution in [1.29, 1.82) is 0 Å². The number of carbonyl (C=O) groups excluding carboxylic acids is 1. The lowest BCUT2D eigenvalue weighted by molar-refractivity contribution is -0.129. The minimum Gasteiger partial charge on any atom is -0.497 e. The van der Waals surface area contributed by atoms with Crippen LogP contribution in [-0.2, 0) is 9.53 Å². The fourth-order valence-electron chi connectivity index (χ4n) is 2.42. The number of benzene rings is 2. The van der Waals surface area contributed by atoms with Gasteiger partial charge in [0.1, 0.15) is 17.2 Å². The maximum atomic E-state index is 12.2. The number of hydrogen-bond donors (Lipinski definition) is 0. The zero-order valence-electron chi connectivity index (χ0n) is 14.4. The van der Waals surface area contributed by atoms with Gasteiger partial charge in [-0.05, 0) is 52.3 Å². The first-order valence-electron chi connectivity index (χ1n) is 7.64. The molecule has 0 bridgehead atoms. The standard InChI is InChI=1S/C19H16BrNO5/c1-23-13-6-4-11(17(10-13)25-3)9-15-19(22)26-18(21-15)12-5-7-16(24-2)14(20)8-12/h4-10H,1-3H3. The van der Waals surface area contributed by atoms with Gasteiger partial charge in [-0.15, -0.1) is 0 Å². The molecule has 134 valence electrons. The molecule has 0 aromatic heterocycles. The van der Waals surface area contributed by atoms with Crippen molar-refractivity contribution >= 4 is 33.9 Å².